The van der Waals surface area contributed by atoms with Crippen LogP contribution in [0.1, 0.15) is 36.6 Å². The zero-order valence-corrected chi connectivity index (χ0v) is 24.2. The molecule has 2 aromatic carbocycles. The van der Waals surface area contributed by atoms with Gasteiger partial charge in [0, 0.05) is 65.7 Å². The van der Waals surface area contributed by atoms with Crippen LogP contribution in [0.4, 0.5) is 0 Å². The number of rotatable bonds is 12. The minimum absolute atomic E-state index is 0.00118. The third kappa shape index (κ3) is 5.50. The van der Waals surface area contributed by atoms with Crippen molar-refractivity contribution in [3.63, 3.8) is 0 Å². The van der Waals surface area contributed by atoms with E-state index in [1.807, 2.05) is 37.1 Å². The Morgan fingerprint density at radius 2 is 2.02 bits per heavy atom. The summed E-state index contributed by atoms with van der Waals surface area (Å²) in [6.07, 6.45) is 9.74. The normalized spacial score (nSPS) is 12.5. The molecule has 0 aliphatic carbocycles. The van der Waals surface area contributed by atoms with Crippen LogP contribution in [0.5, 0.6) is 0 Å². The molecule has 1 amide bonds. The van der Waals surface area contributed by atoms with Crippen LogP contribution in [0.2, 0.25) is 5.02 Å². The van der Waals surface area contributed by atoms with Crippen LogP contribution in [0, 0.1) is 13.8 Å². The third-order valence-electron chi connectivity index (χ3n) is 7.57. The number of carbonyl (C=O) groups is 1. The number of halogens is 1. The minimum atomic E-state index is -0.00118. The number of H-pyrrole nitrogens is 1. The summed E-state index contributed by atoms with van der Waals surface area (Å²) in [5.41, 5.74) is 13.1. The second-order valence-corrected chi connectivity index (χ2v) is 10.6. The van der Waals surface area contributed by atoms with Gasteiger partial charge in [0.05, 0.1) is 34.5 Å². The van der Waals surface area contributed by atoms with Crippen LogP contribution >= 0.6 is 11.6 Å². The maximum atomic E-state index is 10.9. The number of hydrogen-bond acceptors (Lipinski definition) is 7. The van der Waals surface area contributed by atoms with Gasteiger partial charge in [-0.3, -0.25) is 19.3 Å². The molecule has 214 valence electrons. The monoisotopic (exact) mass is 574 g/mol. The molecule has 5 rings (SSSR count). The summed E-state index contributed by atoms with van der Waals surface area (Å²) >= 11 is 7.06. The van der Waals surface area contributed by atoms with Gasteiger partial charge in [0.2, 0.25) is 6.41 Å². The van der Waals surface area contributed by atoms with Crippen molar-refractivity contribution >= 4 is 39.8 Å². The number of carbonyl (C=O) groups excluding carboxylic acids is 1. The summed E-state index contributed by atoms with van der Waals surface area (Å²) in [6, 6.07) is 8.27. The van der Waals surface area contributed by atoms with Gasteiger partial charge < -0.3 is 16.1 Å². The molecule has 12 heteroatoms. The van der Waals surface area contributed by atoms with Gasteiger partial charge in [0.1, 0.15) is 5.69 Å². The predicted molar refractivity (Wildman–Crippen MR) is 163 cm³/mol. The first-order valence-electron chi connectivity index (χ1n) is 13.5. The average molecular weight is 575 g/mol. The summed E-state index contributed by atoms with van der Waals surface area (Å²) in [6.45, 7) is 5.22. The van der Waals surface area contributed by atoms with E-state index in [9.17, 15) is 4.79 Å². The second-order valence-electron chi connectivity index (χ2n) is 10.2. The molecule has 11 nitrogen and oxygen atoms in total. The highest BCUT2D eigenvalue weighted by atomic mass is 35.5. The highest BCUT2D eigenvalue weighted by Crippen LogP contribution is 2.44. The van der Waals surface area contributed by atoms with Crippen molar-refractivity contribution in [3.8, 4) is 22.4 Å². The summed E-state index contributed by atoms with van der Waals surface area (Å²) in [5, 5.41) is 24.1. The van der Waals surface area contributed by atoms with Gasteiger partial charge in [0.25, 0.3) is 0 Å². The van der Waals surface area contributed by atoms with E-state index in [-0.39, 0.29) is 6.04 Å². The van der Waals surface area contributed by atoms with Gasteiger partial charge in [-0.25, -0.2) is 5.84 Å². The van der Waals surface area contributed by atoms with E-state index in [4.69, 9.17) is 28.3 Å². The van der Waals surface area contributed by atoms with Crippen LogP contribution in [0.3, 0.4) is 0 Å². The SMILES string of the molecule is Cc1cc2[nH]ncc2c(-c2c(-c3ccc4c(cnn4C)c3)nn(C(CCCNC=O)CCN(N)/C=C\N)c2C)c1Cl. The van der Waals surface area contributed by atoms with E-state index < -0.39 is 0 Å². The van der Waals surface area contributed by atoms with Gasteiger partial charge >= 0.3 is 0 Å². The van der Waals surface area contributed by atoms with Crippen molar-refractivity contribution in [1.82, 2.24) is 40.1 Å². The Morgan fingerprint density at radius 1 is 1.20 bits per heavy atom. The number of aryl methyl sites for hydroxylation is 2. The highest BCUT2D eigenvalue weighted by molar-refractivity contribution is 6.36. The Labute approximate surface area is 243 Å². The Hall–Kier alpha value is -4.35. The summed E-state index contributed by atoms with van der Waals surface area (Å²) in [7, 11) is 1.93. The molecule has 0 aliphatic heterocycles. The predicted octanol–water partition coefficient (Wildman–Crippen LogP) is 4.31. The van der Waals surface area contributed by atoms with Crippen molar-refractivity contribution in [2.24, 2.45) is 18.6 Å². The lowest BCUT2D eigenvalue weighted by molar-refractivity contribution is -0.109. The quantitative estimate of drug-likeness (QED) is 0.0750. The lowest BCUT2D eigenvalue weighted by atomic mass is 9.94. The van der Waals surface area contributed by atoms with Crippen molar-refractivity contribution < 1.29 is 4.79 Å². The topological polar surface area (TPSA) is 149 Å². The number of fused-ring (bicyclic) bond motifs is 2. The van der Waals surface area contributed by atoms with E-state index in [0.29, 0.717) is 24.5 Å². The van der Waals surface area contributed by atoms with Crippen LogP contribution in [0.25, 0.3) is 44.2 Å². The third-order valence-corrected chi connectivity index (χ3v) is 8.06. The Bertz CT molecular complexity index is 1720. The smallest absolute Gasteiger partial charge is 0.207 e. The molecule has 1 unspecified atom stereocenters. The zero-order chi connectivity index (χ0) is 29.1. The fourth-order valence-electron chi connectivity index (χ4n) is 5.50. The molecule has 1 atom stereocenters. The van der Waals surface area contributed by atoms with Crippen LogP contribution in [-0.4, -0.2) is 54.3 Å². The number of aromatic amines is 1. The van der Waals surface area contributed by atoms with Gasteiger partial charge in [0.15, 0.2) is 0 Å². The summed E-state index contributed by atoms with van der Waals surface area (Å²) in [4.78, 5) is 10.9. The van der Waals surface area contributed by atoms with Crippen molar-refractivity contribution in [2.45, 2.75) is 39.2 Å². The number of nitrogens with two attached hydrogens (primary N) is 2. The molecule has 0 radical (unpaired) electrons. The Balaban J connectivity index is 1.70. The number of nitrogens with one attached hydrogen (secondary N) is 2. The summed E-state index contributed by atoms with van der Waals surface area (Å²) in [5.74, 6) is 6.13. The standard InChI is InChI=1S/C29H35ClN10O/c1-18-13-24-23(16-34-36-24)27(28(18)30)26-19(2)40(22(5-4-10-33-17-41)8-11-39(32)12-9-31)37-29(26)20-6-7-25-21(14-20)15-35-38(25)3/h6-7,9,12-17,22H,4-5,8,10-11,31-32H2,1-3H3,(H,33,41)(H,34,36)/b12-9-. The molecule has 0 saturated carbocycles. The van der Waals surface area contributed by atoms with Gasteiger partial charge in [-0.05, 0) is 56.9 Å². The molecule has 0 spiro atoms. The number of hydrazine groups is 1. The molecular weight excluding hydrogens is 540 g/mol. The second kappa shape index (κ2) is 12.0. The van der Waals surface area contributed by atoms with Crippen molar-refractivity contribution in [1.29, 1.82) is 0 Å². The molecule has 3 heterocycles. The first-order valence-corrected chi connectivity index (χ1v) is 13.9. The van der Waals surface area contributed by atoms with Crippen LogP contribution < -0.4 is 16.9 Å². The maximum Gasteiger partial charge on any atom is 0.207 e. The molecule has 6 N–H and O–H groups in total. The largest absolute Gasteiger partial charge is 0.403 e. The summed E-state index contributed by atoms with van der Waals surface area (Å²) < 4.78 is 3.94. The Kier molecular flexibility index (Phi) is 8.27. The van der Waals surface area contributed by atoms with Crippen molar-refractivity contribution in [2.75, 3.05) is 13.1 Å². The molecular formula is C29H35ClN10O. The maximum absolute atomic E-state index is 10.9. The molecule has 0 aliphatic rings. The van der Waals surface area contributed by atoms with E-state index >= 15 is 0 Å². The first-order chi connectivity index (χ1) is 19.8. The van der Waals surface area contributed by atoms with E-state index in [1.165, 1.54) is 6.20 Å². The van der Waals surface area contributed by atoms with Gasteiger partial charge in [-0.1, -0.05) is 17.7 Å². The Morgan fingerprint density at radius 3 is 2.80 bits per heavy atom. The number of hydrogen-bond donors (Lipinski definition) is 4. The molecule has 0 bridgehead atoms. The van der Waals surface area contributed by atoms with Crippen molar-refractivity contribution in [3.05, 3.63) is 65.3 Å². The fourth-order valence-corrected chi connectivity index (χ4v) is 5.75. The van der Waals surface area contributed by atoms with Gasteiger partial charge in [-0.15, -0.1) is 0 Å². The lowest BCUT2D eigenvalue weighted by Gasteiger charge is -2.22. The van der Waals surface area contributed by atoms with Gasteiger partial charge in [-0.2, -0.15) is 15.3 Å². The number of nitrogens with zero attached hydrogens (tertiary/aromatic N) is 6. The molecule has 5 aromatic rings. The van der Waals surface area contributed by atoms with Crippen LogP contribution in [0.15, 0.2) is 49.1 Å². The average Bonchev–Trinajstić information content (AvgIpc) is 3.66. The molecule has 41 heavy (non-hydrogen) atoms. The number of aromatic nitrogens is 6. The molecule has 3 aromatic heterocycles. The van der Waals surface area contributed by atoms with E-state index in [0.717, 1.165) is 74.7 Å². The number of benzene rings is 2. The lowest BCUT2D eigenvalue weighted by Crippen LogP contribution is -2.29. The number of amides is 1. The first kappa shape index (κ1) is 28.2. The minimum Gasteiger partial charge on any atom is -0.403 e. The van der Waals surface area contributed by atoms with Crippen LogP contribution in [-0.2, 0) is 11.8 Å². The molecule has 0 saturated heterocycles. The highest BCUT2D eigenvalue weighted by Gasteiger charge is 2.27. The zero-order valence-electron chi connectivity index (χ0n) is 23.4. The fraction of sp³-hybridized carbons (Fsp3) is 0.310. The van der Waals surface area contributed by atoms with E-state index in [2.05, 4.69) is 50.4 Å². The van der Waals surface area contributed by atoms with E-state index in [1.54, 1.807) is 11.2 Å². The molecule has 0 fully saturated rings.